The van der Waals surface area contributed by atoms with E-state index in [1.807, 2.05) is 0 Å². The fourth-order valence-corrected chi connectivity index (χ4v) is 2.33. The number of nitrogens with one attached hydrogen (secondary N) is 1. The Labute approximate surface area is 72.6 Å². The molecule has 12 heavy (non-hydrogen) atoms. The van der Waals surface area contributed by atoms with Crippen LogP contribution in [-0.2, 0) is 10.0 Å². The molecule has 0 saturated heterocycles. The van der Waals surface area contributed by atoms with Crippen molar-refractivity contribution in [2.45, 2.75) is 25.8 Å². The summed E-state index contributed by atoms with van der Waals surface area (Å²) >= 11 is 0. The summed E-state index contributed by atoms with van der Waals surface area (Å²) in [4.78, 5) is 0. The molecule has 1 fully saturated rings. The van der Waals surface area contributed by atoms with Gasteiger partial charge in [-0.2, -0.15) is 5.26 Å². The number of hydrogen-bond acceptors (Lipinski definition) is 3. The molecule has 1 saturated carbocycles. The van der Waals surface area contributed by atoms with E-state index in [1.165, 1.54) is 0 Å². The van der Waals surface area contributed by atoms with Crippen LogP contribution >= 0.6 is 0 Å². The van der Waals surface area contributed by atoms with Crippen LogP contribution in [0.4, 0.5) is 0 Å². The van der Waals surface area contributed by atoms with Crippen LogP contribution in [0.25, 0.3) is 0 Å². The van der Waals surface area contributed by atoms with E-state index in [9.17, 15) is 8.42 Å². The van der Waals surface area contributed by atoms with E-state index in [-0.39, 0.29) is 6.04 Å². The molecule has 5 heteroatoms. The summed E-state index contributed by atoms with van der Waals surface area (Å²) in [6, 6.07) is 1.69. The zero-order valence-electron chi connectivity index (χ0n) is 6.95. The van der Waals surface area contributed by atoms with Crippen molar-refractivity contribution < 1.29 is 8.42 Å². The Bertz CT molecular complexity index is 285. The van der Waals surface area contributed by atoms with Gasteiger partial charge in [-0.3, -0.25) is 0 Å². The van der Waals surface area contributed by atoms with Gasteiger partial charge in [0.05, 0.1) is 6.07 Å². The quantitative estimate of drug-likeness (QED) is 0.689. The van der Waals surface area contributed by atoms with Gasteiger partial charge in [0.1, 0.15) is 0 Å². The number of hydrogen-bond donors (Lipinski definition) is 1. The first kappa shape index (κ1) is 9.49. The molecule has 0 spiro atoms. The Morgan fingerprint density at radius 1 is 1.58 bits per heavy atom. The van der Waals surface area contributed by atoms with E-state index in [0.717, 1.165) is 12.8 Å². The van der Waals surface area contributed by atoms with Crippen LogP contribution in [0.3, 0.4) is 0 Å². The molecule has 0 amide bonds. The van der Waals surface area contributed by atoms with E-state index in [0.29, 0.717) is 5.92 Å². The lowest BCUT2D eigenvalue weighted by Crippen LogP contribution is -2.44. The molecule has 0 aliphatic heterocycles. The van der Waals surface area contributed by atoms with Gasteiger partial charge < -0.3 is 0 Å². The first-order valence-corrected chi connectivity index (χ1v) is 5.55. The highest BCUT2D eigenvalue weighted by Crippen LogP contribution is 2.26. The minimum absolute atomic E-state index is 0.0679. The van der Waals surface area contributed by atoms with Gasteiger partial charge >= 0.3 is 0 Å². The maximum atomic E-state index is 11.0. The van der Waals surface area contributed by atoms with E-state index in [4.69, 9.17) is 5.26 Å². The second-order valence-electron chi connectivity index (χ2n) is 3.31. The smallest absolute Gasteiger partial charge is 0.211 e. The minimum Gasteiger partial charge on any atom is -0.211 e. The molecule has 0 aromatic heterocycles. The van der Waals surface area contributed by atoms with Gasteiger partial charge in [0.25, 0.3) is 0 Å². The van der Waals surface area contributed by atoms with Crippen LogP contribution < -0.4 is 4.72 Å². The van der Waals surface area contributed by atoms with E-state index >= 15 is 0 Å². The number of nitriles is 1. The van der Waals surface area contributed by atoms with Gasteiger partial charge in [-0.05, 0) is 18.8 Å². The zero-order valence-corrected chi connectivity index (χ0v) is 7.76. The van der Waals surface area contributed by atoms with Gasteiger partial charge in [0.15, 0.2) is 5.75 Å². The van der Waals surface area contributed by atoms with Crippen molar-refractivity contribution in [3.8, 4) is 6.07 Å². The third-order valence-electron chi connectivity index (χ3n) is 1.97. The standard InChI is InChI=1S/C7H12N2O2S/c1-6-4-7(5-6)9-12(10,11)3-2-8/h6-7,9H,3-5H2,1H3. The summed E-state index contributed by atoms with van der Waals surface area (Å²) in [5, 5.41) is 8.19. The summed E-state index contributed by atoms with van der Waals surface area (Å²) < 4.78 is 24.5. The van der Waals surface area contributed by atoms with Crippen molar-refractivity contribution in [1.82, 2.24) is 4.72 Å². The van der Waals surface area contributed by atoms with Gasteiger partial charge in [0.2, 0.25) is 10.0 Å². The summed E-state index contributed by atoms with van der Waals surface area (Å²) in [5.41, 5.74) is 0. The predicted molar refractivity (Wildman–Crippen MR) is 44.7 cm³/mol. The average Bonchev–Trinajstić information content (AvgIpc) is 1.83. The fraction of sp³-hybridized carbons (Fsp3) is 0.857. The first-order valence-electron chi connectivity index (χ1n) is 3.90. The normalized spacial score (nSPS) is 29.0. The van der Waals surface area contributed by atoms with E-state index in [1.54, 1.807) is 6.07 Å². The van der Waals surface area contributed by atoms with Crippen LogP contribution in [0.5, 0.6) is 0 Å². The maximum absolute atomic E-state index is 11.0. The number of sulfonamides is 1. The van der Waals surface area contributed by atoms with Gasteiger partial charge in [-0.15, -0.1) is 0 Å². The van der Waals surface area contributed by atoms with Crippen LogP contribution in [0.15, 0.2) is 0 Å². The highest BCUT2D eigenvalue weighted by Gasteiger charge is 2.28. The van der Waals surface area contributed by atoms with Crippen molar-refractivity contribution in [1.29, 1.82) is 5.26 Å². The van der Waals surface area contributed by atoms with E-state index in [2.05, 4.69) is 11.6 Å². The molecule has 0 aromatic carbocycles. The van der Waals surface area contributed by atoms with Crippen molar-refractivity contribution in [3.63, 3.8) is 0 Å². The van der Waals surface area contributed by atoms with Crippen LogP contribution in [0, 0.1) is 17.2 Å². The molecule has 1 aliphatic rings. The fourth-order valence-electron chi connectivity index (χ4n) is 1.38. The molecule has 1 rings (SSSR count). The molecule has 0 aromatic rings. The van der Waals surface area contributed by atoms with Crippen molar-refractivity contribution in [2.24, 2.45) is 5.92 Å². The molecule has 0 bridgehead atoms. The molecule has 0 atom stereocenters. The van der Waals surface area contributed by atoms with Gasteiger partial charge in [-0.25, -0.2) is 13.1 Å². The minimum atomic E-state index is -3.33. The second kappa shape index (κ2) is 3.42. The van der Waals surface area contributed by atoms with Crippen molar-refractivity contribution in [2.75, 3.05) is 5.75 Å². The third kappa shape index (κ3) is 2.47. The molecule has 0 unspecified atom stereocenters. The largest absolute Gasteiger partial charge is 0.225 e. The molecular weight excluding hydrogens is 176 g/mol. The Hall–Kier alpha value is -0.600. The van der Waals surface area contributed by atoms with Gasteiger partial charge in [0, 0.05) is 6.04 Å². The Morgan fingerprint density at radius 3 is 2.58 bits per heavy atom. The topological polar surface area (TPSA) is 70.0 Å². The summed E-state index contributed by atoms with van der Waals surface area (Å²) in [6.45, 7) is 2.08. The van der Waals surface area contributed by atoms with Crippen LogP contribution in [0.1, 0.15) is 19.8 Å². The summed E-state index contributed by atoms with van der Waals surface area (Å²) in [7, 11) is -3.33. The Kier molecular flexibility index (Phi) is 2.70. The number of nitrogens with zero attached hydrogens (tertiary/aromatic N) is 1. The Balaban J connectivity index is 2.37. The SMILES string of the molecule is CC1CC(NS(=O)(=O)CC#N)C1. The first-order chi connectivity index (χ1) is 5.53. The lowest BCUT2D eigenvalue weighted by molar-refractivity contribution is 0.270. The summed E-state index contributed by atoms with van der Waals surface area (Å²) in [6.07, 6.45) is 1.79. The van der Waals surface area contributed by atoms with Crippen LogP contribution in [0.2, 0.25) is 0 Å². The summed E-state index contributed by atoms with van der Waals surface area (Å²) in [5.74, 6) is 0.178. The molecule has 0 radical (unpaired) electrons. The zero-order chi connectivity index (χ0) is 9.19. The molecule has 4 nitrogen and oxygen atoms in total. The molecule has 0 heterocycles. The Morgan fingerprint density at radius 2 is 2.17 bits per heavy atom. The molecule has 1 aliphatic carbocycles. The molecule has 1 N–H and O–H groups in total. The average molecular weight is 188 g/mol. The van der Waals surface area contributed by atoms with Crippen molar-refractivity contribution >= 4 is 10.0 Å². The maximum Gasteiger partial charge on any atom is 0.225 e. The molecular formula is C7H12N2O2S. The lowest BCUT2D eigenvalue weighted by atomic mass is 9.83. The highest BCUT2D eigenvalue weighted by molar-refractivity contribution is 7.89. The predicted octanol–water partition coefficient (Wildman–Crippen LogP) is 0.228. The molecule has 68 valence electrons. The monoisotopic (exact) mass is 188 g/mol. The second-order valence-corrected chi connectivity index (χ2v) is 5.06. The van der Waals surface area contributed by atoms with Crippen LogP contribution in [-0.4, -0.2) is 20.2 Å². The van der Waals surface area contributed by atoms with Crippen molar-refractivity contribution in [3.05, 3.63) is 0 Å². The number of rotatable bonds is 3. The third-order valence-corrected chi connectivity index (χ3v) is 3.18. The highest BCUT2D eigenvalue weighted by atomic mass is 32.2. The lowest BCUT2D eigenvalue weighted by Gasteiger charge is -2.32. The van der Waals surface area contributed by atoms with Gasteiger partial charge in [-0.1, -0.05) is 6.92 Å². The van der Waals surface area contributed by atoms with E-state index < -0.39 is 15.8 Å².